The summed E-state index contributed by atoms with van der Waals surface area (Å²) in [5, 5.41) is 4.64. The van der Waals surface area contributed by atoms with Crippen LogP contribution in [-0.4, -0.2) is 12.1 Å². The molecule has 0 spiro atoms. The zero-order valence-electron chi connectivity index (χ0n) is 15.2. The highest BCUT2D eigenvalue weighted by molar-refractivity contribution is 9.10. The molecule has 3 aromatic carbocycles. The first-order valence-corrected chi connectivity index (χ1v) is 9.90. The molecule has 0 aliphatic carbocycles. The minimum Gasteiger partial charge on any atom is -0.488 e. The molecule has 0 bridgehead atoms. The molecule has 0 fully saturated rings. The summed E-state index contributed by atoms with van der Waals surface area (Å²) in [6.07, 6.45) is 1.66. The zero-order chi connectivity index (χ0) is 20.6. The van der Waals surface area contributed by atoms with E-state index >= 15 is 0 Å². The van der Waals surface area contributed by atoms with Crippen LogP contribution < -0.4 is 10.2 Å². The molecule has 0 aliphatic heterocycles. The quantitative estimate of drug-likeness (QED) is 0.362. The standard InChI is InChI=1S/C22H17BrClFN2O2/c23-20-11-17(5-10-21(20)29-14-16-1-6-18(24)7-2-16)13-26-27-22(28)12-15-3-8-19(25)9-4-15/h1-11,13H,12,14H2,(H,27,28)/b26-13+. The van der Waals surface area contributed by atoms with Crippen LogP contribution in [0.15, 0.2) is 76.3 Å². The van der Waals surface area contributed by atoms with Gasteiger partial charge in [0.1, 0.15) is 18.2 Å². The maximum Gasteiger partial charge on any atom is 0.244 e. The van der Waals surface area contributed by atoms with E-state index in [2.05, 4.69) is 26.5 Å². The molecule has 1 N–H and O–H groups in total. The molecule has 4 nitrogen and oxygen atoms in total. The number of nitrogens with one attached hydrogen (secondary N) is 1. The van der Waals surface area contributed by atoms with Crippen LogP contribution in [0.5, 0.6) is 5.75 Å². The van der Waals surface area contributed by atoms with Gasteiger partial charge in [-0.05, 0) is 75.1 Å². The smallest absolute Gasteiger partial charge is 0.244 e. The van der Waals surface area contributed by atoms with Gasteiger partial charge in [-0.1, -0.05) is 35.9 Å². The van der Waals surface area contributed by atoms with Crippen molar-refractivity contribution in [1.82, 2.24) is 5.43 Å². The fourth-order valence-corrected chi connectivity index (χ4v) is 3.10. The summed E-state index contributed by atoms with van der Waals surface area (Å²) >= 11 is 9.36. The monoisotopic (exact) mass is 474 g/mol. The highest BCUT2D eigenvalue weighted by atomic mass is 79.9. The van der Waals surface area contributed by atoms with E-state index in [1.54, 1.807) is 12.1 Å². The van der Waals surface area contributed by atoms with Gasteiger partial charge < -0.3 is 4.74 Å². The number of amides is 1. The number of rotatable bonds is 7. The fourth-order valence-electron chi connectivity index (χ4n) is 2.46. The van der Waals surface area contributed by atoms with Crippen LogP contribution in [0.4, 0.5) is 4.39 Å². The van der Waals surface area contributed by atoms with E-state index in [4.69, 9.17) is 16.3 Å². The molecule has 3 aromatic rings. The van der Waals surface area contributed by atoms with Gasteiger partial charge in [-0.2, -0.15) is 5.10 Å². The van der Waals surface area contributed by atoms with E-state index in [1.165, 1.54) is 18.3 Å². The van der Waals surface area contributed by atoms with Gasteiger partial charge in [0, 0.05) is 5.02 Å². The maximum atomic E-state index is 12.9. The van der Waals surface area contributed by atoms with Crippen molar-refractivity contribution < 1.29 is 13.9 Å². The zero-order valence-corrected chi connectivity index (χ0v) is 17.6. The van der Waals surface area contributed by atoms with Crippen molar-refractivity contribution >= 4 is 39.7 Å². The lowest BCUT2D eigenvalue weighted by Crippen LogP contribution is -2.19. The Hall–Kier alpha value is -2.70. The Kier molecular flexibility index (Phi) is 7.38. The fraction of sp³-hybridized carbons (Fsp3) is 0.0909. The Labute approximate surface area is 181 Å². The third-order valence-electron chi connectivity index (χ3n) is 3.94. The summed E-state index contributed by atoms with van der Waals surface area (Å²) in [5.74, 6) is 0.0747. The normalized spacial score (nSPS) is 10.9. The van der Waals surface area contributed by atoms with Gasteiger partial charge in [0.15, 0.2) is 0 Å². The summed E-state index contributed by atoms with van der Waals surface area (Å²) in [5.41, 5.74) is 4.97. The van der Waals surface area contributed by atoms with E-state index in [0.717, 1.165) is 15.6 Å². The van der Waals surface area contributed by atoms with E-state index in [9.17, 15) is 9.18 Å². The summed E-state index contributed by atoms with van der Waals surface area (Å²) in [7, 11) is 0. The van der Waals surface area contributed by atoms with E-state index in [1.807, 2.05) is 42.5 Å². The number of carbonyl (C=O) groups is 1. The largest absolute Gasteiger partial charge is 0.488 e. The molecule has 0 unspecified atom stereocenters. The lowest BCUT2D eigenvalue weighted by Gasteiger charge is -2.09. The molecule has 0 aromatic heterocycles. The van der Waals surface area contributed by atoms with Crippen LogP contribution in [0.2, 0.25) is 5.02 Å². The van der Waals surface area contributed by atoms with Crippen molar-refractivity contribution in [3.8, 4) is 5.75 Å². The van der Waals surface area contributed by atoms with Crippen LogP contribution in [0.1, 0.15) is 16.7 Å². The molecule has 1 amide bonds. The molecule has 0 aliphatic rings. The topological polar surface area (TPSA) is 50.7 Å². The number of benzene rings is 3. The van der Waals surface area contributed by atoms with Crippen LogP contribution in [0.25, 0.3) is 0 Å². The summed E-state index contributed by atoms with van der Waals surface area (Å²) < 4.78 is 19.5. The third kappa shape index (κ3) is 6.69. The second-order valence-corrected chi connectivity index (χ2v) is 7.49. The first kappa shape index (κ1) is 21.0. The Morgan fingerprint density at radius 3 is 2.45 bits per heavy atom. The first-order valence-electron chi connectivity index (χ1n) is 8.73. The van der Waals surface area contributed by atoms with E-state index in [0.29, 0.717) is 22.9 Å². The minimum absolute atomic E-state index is 0.124. The highest BCUT2D eigenvalue weighted by Crippen LogP contribution is 2.26. The van der Waals surface area contributed by atoms with Gasteiger partial charge in [0.25, 0.3) is 0 Å². The van der Waals surface area contributed by atoms with Gasteiger partial charge in [0.05, 0.1) is 17.1 Å². The van der Waals surface area contributed by atoms with Crippen LogP contribution in [-0.2, 0) is 17.8 Å². The second kappa shape index (κ2) is 10.2. The molecular weight excluding hydrogens is 459 g/mol. The number of hydrazone groups is 1. The Balaban J connectivity index is 1.51. The summed E-state index contributed by atoms with van der Waals surface area (Å²) in [6, 6.07) is 18.7. The number of hydrogen-bond acceptors (Lipinski definition) is 3. The molecule has 3 rings (SSSR count). The molecule has 29 heavy (non-hydrogen) atoms. The second-order valence-electron chi connectivity index (χ2n) is 6.20. The van der Waals surface area contributed by atoms with Gasteiger partial charge in [-0.25, -0.2) is 9.82 Å². The average Bonchev–Trinajstić information content (AvgIpc) is 2.70. The molecule has 0 saturated carbocycles. The van der Waals surface area contributed by atoms with Crippen molar-refractivity contribution in [1.29, 1.82) is 0 Å². The van der Waals surface area contributed by atoms with Gasteiger partial charge >= 0.3 is 0 Å². The van der Waals surface area contributed by atoms with Crippen LogP contribution >= 0.6 is 27.5 Å². The van der Waals surface area contributed by atoms with E-state index < -0.39 is 0 Å². The summed E-state index contributed by atoms with van der Waals surface area (Å²) in [4.78, 5) is 11.9. The predicted octanol–water partition coefficient (Wildman–Crippen LogP) is 5.51. The van der Waals surface area contributed by atoms with Gasteiger partial charge in [0.2, 0.25) is 5.91 Å². The van der Waals surface area contributed by atoms with E-state index in [-0.39, 0.29) is 18.1 Å². The van der Waals surface area contributed by atoms with Gasteiger partial charge in [-0.3, -0.25) is 4.79 Å². The maximum absolute atomic E-state index is 12.9. The molecule has 0 atom stereocenters. The Morgan fingerprint density at radius 2 is 1.76 bits per heavy atom. The van der Waals surface area contributed by atoms with Crippen LogP contribution in [0, 0.1) is 5.82 Å². The summed E-state index contributed by atoms with van der Waals surface area (Å²) in [6.45, 7) is 0.419. The number of carbonyl (C=O) groups excluding carboxylic acids is 1. The highest BCUT2D eigenvalue weighted by Gasteiger charge is 2.04. The van der Waals surface area contributed by atoms with Crippen LogP contribution in [0.3, 0.4) is 0 Å². The average molecular weight is 476 g/mol. The minimum atomic E-state index is -0.335. The Bertz CT molecular complexity index is 1010. The number of hydrogen-bond donors (Lipinski definition) is 1. The number of halogens is 3. The SMILES string of the molecule is O=C(Cc1ccc(F)cc1)N/N=C/c1ccc(OCc2ccc(Cl)cc2)c(Br)c1. The van der Waals surface area contributed by atoms with Crippen molar-refractivity contribution in [3.05, 3.63) is 98.7 Å². The number of ether oxygens (including phenoxy) is 1. The first-order chi connectivity index (χ1) is 14.0. The lowest BCUT2D eigenvalue weighted by molar-refractivity contribution is -0.120. The molecule has 0 saturated heterocycles. The predicted molar refractivity (Wildman–Crippen MR) is 116 cm³/mol. The van der Waals surface area contributed by atoms with Crippen molar-refractivity contribution in [2.75, 3.05) is 0 Å². The Morgan fingerprint density at radius 1 is 1.07 bits per heavy atom. The molecule has 148 valence electrons. The molecule has 0 radical (unpaired) electrons. The van der Waals surface area contributed by atoms with Crippen molar-refractivity contribution in [2.24, 2.45) is 5.10 Å². The van der Waals surface area contributed by atoms with Crippen molar-refractivity contribution in [2.45, 2.75) is 13.0 Å². The number of nitrogens with zero attached hydrogens (tertiary/aromatic N) is 1. The molecule has 7 heteroatoms. The molecule has 0 heterocycles. The van der Waals surface area contributed by atoms with Gasteiger partial charge in [-0.15, -0.1) is 0 Å². The third-order valence-corrected chi connectivity index (χ3v) is 4.82. The molecular formula is C22H17BrClFN2O2. The lowest BCUT2D eigenvalue weighted by atomic mass is 10.1. The van der Waals surface area contributed by atoms with Crippen molar-refractivity contribution in [3.63, 3.8) is 0 Å².